The van der Waals surface area contributed by atoms with E-state index in [1.807, 2.05) is 24.3 Å². The van der Waals surface area contributed by atoms with Crippen LogP contribution in [0.15, 0.2) is 48.8 Å². The zero-order valence-electron chi connectivity index (χ0n) is 25.7. The maximum atomic E-state index is 11.5. The zero-order chi connectivity index (χ0) is 32.0. The summed E-state index contributed by atoms with van der Waals surface area (Å²) in [5, 5.41) is 4.07. The smallest absolute Gasteiger partial charge is 0.225 e. The van der Waals surface area contributed by atoms with Gasteiger partial charge in [-0.15, -0.1) is 0 Å². The number of carbonyl (C=O) groups excluding carboxylic acids is 1. The molecule has 2 fully saturated rings. The number of anilines is 1. The Balaban J connectivity index is 1.26. The van der Waals surface area contributed by atoms with Crippen molar-refractivity contribution in [2.24, 2.45) is 5.92 Å². The van der Waals surface area contributed by atoms with Gasteiger partial charge in [0.2, 0.25) is 11.9 Å². The highest BCUT2D eigenvalue weighted by atomic mass is 35.5. The number of piperazine rings is 1. The highest BCUT2D eigenvalue weighted by Gasteiger charge is 2.21. The van der Waals surface area contributed by atoms with Crippen molar-refractivity contribution < 1.29 is 17.9 Å². The normalized spacial score (nSPS) is 16.9. The van der Waals surface area contributed by atoms with E-state index in [1.54, 1.807) is 25.4 Å². The van der Waals surface area contributed by atoms with E-state index in [1.165, 1.54) is 6.26 Å². The molecule has 2 aromatic carbocycles. The van der Waals surface area contributed by atoms with E-state index >= 15 is 0 Å². The number of nitrogens with zero attached hydrogens (tertiary/aromatic N) is 5. The summed E-state index contributed by atoms with van der Waals surface area (Å²) >= 11 is 12.7. The first kappa shape index (κ1) is 33.4. The topological polar surface area (TPSA) is 108 Å². The van der Waals surface area contributed by atoms with Gasteiger partial charge in [-0.1, -0.05) is 23.2 Å². The summed E-state index contributed by atoms with van der Waals surface area (Å²) in [4.78, 5) is 27.1. The van der Waals surface area contributed by atoms with Gasteiger partial charge in [-0.3, -0.25) is 14.6 Å². The molecule has 0 saturated carbocycles. The molecule has 5 rings (SSSR count). The SMILES string of the molecule is CC(=O)NCC1CCN(Cc2cc(Oc3cnc(N4CCN(CCS(C)(=O)=O)CC4)nc3)cc(-c3cc(Cl)cc(Cl)c3)c2)CC1. The minimum absolute atomic E-state index is 0.0183. The Morgan fingerprint density at radius 3 is 2.16 bits per heavy atom. The quantitative estimate of drug-likeness (QED) is 0.308. The van der Waals surface area contributed by atoms with Gasteiger partial charge in [-0.2, -0.15) is 0 Å². The van der Waals surface area contributed by atoms with Gasteiger partial charge >= 0.3 is 0 Å². The van der Waals surface area contributed by atoms with Gasteiger partial charge in [-0.25, -0.2) is 18.4 Å². The molecule has 1 N–H and O–H groups in total. The Labute approximate surface area is 275 Å². The largest absolute Gasteiger partial charge is 0.454 e. The van der Waals surface area contributed by atoms with Gasteiger partial charge < -0.3 is 15.0 Å². The van der Waals surface area contributed by atoms with E-state index in [2.05, 4.69) is 36.1 Å². The number of amides is 1. The van der Waals surface area contributed by atoms with Gasteiger partial charge in [0.1, 0.15) is 15.6 Å². The molecule has 1 aromatic heterocycles. The molecule has 242 valence electrons. The summed E-state index contributed by atoms with van der Waals surface area (Å²) < 4.78 is 29.3. The van der Waals surface area contributed by atoms with Crippen molar-refractivity contribution in [3.63, 3.8) is 0 Å². The molecule has 3 aromatic rings. The number of piperidine rings is 1. The van der Waals surface area contributed by atoms with E-state index < -0.39 is 9.84 Å². The number of hydrogen-bond donors (Lipinski definition) is 1. The van der Waals surface area contributed by atoms with Gasteiger partial charge in [-0.05, 0) is 84.9 Å². The maximum Gasteiger partial charge on any atom is 0.225 e. The predicted molar refractivity (Wildman–Crippen MR) is 179 cm³/mol. The van der Waals surface area contributed by atoms with Crippen molar-refractivity contribution >= 4 is 44.9 Å². The predicted octanol–water partition coefficient (Wildman–Crippen LogP) is 4.76. The lowest BCUT2D eigenvalue weighted by molar-refractivity contribution is -0.119. The Bertz CT molecular complexity index is 1550. The summed E-state index contributed by atoms with van der Waals surface area (Å²) in [7, 11) is -2.98. The van der Waals surface area contributed by atoms with Crippen LogP contribution in [0, 0.1) is 5.92 Å². The van der Waals surface area contributed by atoms with Crippen LogP contribution in [0.3, 0.4) is 0 Å². The molecule has 2 aliphatic heterocycles. The number of aromatic nitrogens is 2. The third kappa shape index (κ3) is 10.3. The lowest BCUT2D eigenvalue weighted by Gasteiger charge is -2.34. The Morgan fingerprint density at radius 1 is 0.889 bits per heavy atom. The van der Waals surface area contributed by atoms with Crippen molar-refractivity contribution in [1.82, 2.24) is 25.1 Å². The first-order valence-corrected chi connectivity index (χ1v) is 18.0. The standard InChI is InChI=1S/C32H40Cl2N6O4S/c1-23(41)35-19-24-3-5-39(6-4-24)22-25-13-26(27-15-28(33)18-29(34)16-27)17-30(14-25)44-31-20-36-32(37-21-31)40-9-7-38(8-10-40)11-12-45(2,42)43/h13-18,20-21,24H,3-12,19,22H2,1-2H3,(H,35,41). The summed E-state index contributed by atoms with van der Waals surface area (Å²) in [6, 6.07) is 11.7. The van der Waals surface area contributed by atoms with Gasteiger partial charge in [0, 0.05) is 69.0 Å². The van der Waals surface area contributed by atoms with Crippen LogP contribution >= 0.6 is 23.2 Å². The fourth-order valence-corrected chi connectivity index (χ4v) is 6.84. The number of nitrogens with one attached hydrogen (secondary N) is 1. The van der Waals surface area contributed by atoms with Crippen molar-refractivity contribution in [3.8, 4) is 22.6 Å². The van der Waals surface area contributed by atoms with Crippen LogP contribution in [0.2, 0.25) is 10.0 Å². The fourth-order valence-electron chi connectivity index (χ4n) is 5.72. The van der Waals surface area contributed by atoms with Gasteiger partial charge in [0.15, 0.2) is 5.75 Å². The molecule has 0 atom stereocenters. The van der Waals surface area contributed by atoms with Crippen molar-refractivity contribution in [2.45, 2.75) is 26.3 Å². The molecule has 3 heterocycles. The van der Waals surface area contributed by atoms with Crippen LogP contribution in [0.5, 0.6) is 11.5 Å². The second kappa shape index (κ2) is 15.1. The van der Waals surface area contributed by atoms with Crippen molar-refractivity contribution in [1.29, 1.82) is 0 Å². The highest BCUT2D eigenvalue weighted by Crippen LogP contribution is 2.33. The third-order valence-corrected chi connectivity index (χ3v) is 9.56. The number of likely N-dealkylation sites (tertiary alicyclic amines) is 1. The van der Waals surface area contributed by atoms with Crippen LogP contribution in [0.4, 0.5) is 5.95 Å². The third-order valence-electron chi connectivity index (χ3n) is 8.20. The Hall–Kier alpha value is -2.96. The lowest BCUT2D eigenvalue weighted by atomic mass is 9.96. The first-order chi connectivity index (χ1) is 21.5. The molecule has 10 nitrogen and oxygen atoms in total. The maximum absolute atomic E-state index is 11.5. The molecular formula is C32H40Cl2N6O4S. The molecule has 1 amide bonds. The fraction of sp³-hybridized carbons (Fsp3) is 0.469. The number of ether oxygens (including phenoxy) is 1. The summed E-state index contributed by atoms with van der Waals surface area (Å²) in [5.74, 6) is 2.49. The second-order valence-corrected chi connectivity index (χ2v) is 15.1. The Morgan fingerprint density at radius 2 is 1.53 bits per heavy atom. The van der Waals surface area contributed by atoms with Crippen LogP contribution in [0.1, 0.15) is 25.3 Å². The molecule has 13 heteroatoms. The number of rotatable bonds is 11. The molecule has 0 radical (unpaired) electrons. The van der Waals surface area contributed by atoms with Crippen LogP contribution < -0.4 is 15.0 Å². The molecule has 0 unspecified atom stereocenters. The average molecular weight is 676 g/mol. The van der Waals surface area contributed by atoms with Crippen LogP contribution in [-0.2, 0) is 21.2 Å². The average Bonchev–Trinajstić information content (AvgIpc) is 2.99. The van der Waals surface area contributed by atoms with Crippen molar-refractivity contribution in [2.75, 3.05) is 69.3 Å². The molecule has 0 bridgehead atoms. The summed E-state index contributed by atoms with van der Waals surface area (Å²) in [5.41, 5.74) is 2.94. The zero-order valence-corrected chi connectivity index (χ0v) is 28.0. The second-order valence-electron chi connectivity index (χ2n) is 12.0. The summed E-state index contributed by atoms with van der Waals surface area (Å²) in [6.45, 7) is 8.46. The molecule has 0 spiro atoms. The molecule has 2 aliphatic rings. The van der Waals surface area contributed by atoms with Gasteiger partial charge in [0.05, 0.1) is 18.1 Å². The number of halogens is 2. The Kier molecular flexibility index (Phi) is 11.2. The minimum atomic E-state index is -2.98. The first-order valence-electron chi connectivity index (χ1n) is 15.2. The van der Waals surface area contributed by atoms with E-state index in [9.17, 15) is 13.2 Å². The van der Waals surface area contributed by atoms with Crippen molar-refractivity contribution in [3.05, 3.63) is 64.4 Å². The lowest BCUT2D eigenvalue weighted by Crippen LogP contribution is -2.48. The number of carbonyl (C=O) groups is 1. The molecule has 45 heavy (non-hydrogen) atoms. The minimum Gasteiger partial charge on any atom is -0.454 e. The number of benzene rings is 2. The van der Waals surface area contributed by atoms with Crippen LogP contribution in [-0.4, -0.2) is 98.5 Å². The van der Waals surface area contributed by atoms with Crippen LogP contribution in [0.25, 0.3) is 11.1 Å². The van der Waals surface area contributed by atoms with E-state index in [0.29, 0.717) is 40.0 Å². The number of sulfone groups is 1. The van der Waals surface area contributed by atoms with E-state index in [4.69, 9.17) is 27.9 Å². The van der Waals surface area contributed by atoms with E-state index in [-0.39, 0.29) is 11.7 Å². The highest BCUT2D eigenvalue weighted by molar-refractivity contribution is 7.90. The molecule has 0 aliphatic carbocycles. The van der Waals surface area contributed by atoms with E-state index in [0.717, 1.165) is 81.9 Å². The molecular weight excluding hydrogens is 635 g/mol. The number of hydrogen-bond acceptors (Lipinski definition) is 9. The monoisotopic (exact) mass is 674 g/mol. The summed E-state index contributed by atoms with van der Waals surface area (Å²) in [6.07, 6.45) is 6.70. The van der Waals surface area contributed by atoms with Gasteiger partial charge in [0.25, 0.3) is 0 Å². The molecule has 2 saturated heterocycles.